The van der Waals surface area contributed by atoms with Crippen molar-refractivity contribution in [3.8, 4) is 5.69 Å². The average Bonchev–Trinajstić information content (AvgIpc) is 3.05. The van der Waals surface area contributed by atoms with Crippen LogP contribution in [0.5, 0.6) is 0 Å². The molecule has 0 spiro atoms. The Kier molecular flexibility index (Phi) is 4.59. The molecule has 31 heavy (non-hydrogen) atoms. The van der Waals surface area contributed by atoms with Gasteiger partial charge in [0.1, 0.15) is 16.7 Å². The fourth-order valence-electron chi connectivity index (χ4n) is 4.03. The first kappa shape index (κ1) is 19.4. The fraction of sp³-hybridized carbons (Fsp3) is 0.130. The van der Waals surface area contributed by atoms with Crippen molar-refractivity contribution in [2.75, 3.05) is 5.73 Å². The number of pyridine rings is 1. The highest BCUT2D eigenvalue weighted by Gasteiger charge is 2.18. The number of nitrogen functional groups attached to an aromatic ring is 1. The Bertz CT molecular complexity index is 1540. The molecule has 0 saturated heterocycles. The van der Waals surface area contributed by atoms with E-state index in [1.807, 2.05) is 62.4 Å². The van der Waals surface area contributed by atoms with Crippen molar-refractivity contribution >= 4 is 43.6 Å². The number of fused-ring (bicyclic) bond motifs is 2. The molecule has 0 radical (unpaired) electrons. The lowest BCUT2D eigenvalue weighted by Gasteiger charge is -2.17. The van der Waals surface area contributed by atoms with Crippen LogP contribution < -0.4 is 11.3 Å². The highest BCUT2D eigenvalue weighted by atomic mass is 79.9. The quantitative estimate of drug-likeness (QED) is 0.424. The van der Waals surface area contributed by atoms with Gasteiger partial charge in [0.25, 0.3) is 5.56 Å². The third-order valence-corrected chi connectivity index (χ3v) is 6.07. The molecule has 0 atom stereocenters. The van der Waals surface area contributed by atoms with Crippen LogP contribution in [0.15, 0.2) is 64.3 Å². The van der Waals surface area contributed by atoms with Crippen LogP contribution in [0.25, 0.3) is 27.5 Å². The van der Waals surface area contributed by atoms with Crippen molar-refractivity contribution in [1.82, 2.24) is 24.3 Å². The highest BCUT2D eigenvalue weighted by molar-refractivity contribution is 9.10. The summed E-state index contributed by atoms with van der Waals surface area (Å²) in [4.78, 5) is 22.1. The van der Waals surface area contributed by atoms with E-state index >= 15 is 0 Å². The Labute approximate surface area is 186 Å². The summed E-state index contributed by atoms with van der Waals surface area (Å²) in [6.45, 7) is 4.30. The van der Waals surface area contributed by atoms with Gasteiger partial charge >= 0.3 is 0 Å². The minimum Gasteiger partial charge on any atom is -0.383 e. The average molecular weight is 475 g/mol. The van der Waals surface area contributed by atoms with Gasteiger partial charge in [-0.2, -0.15) is 5.10 Å². The van der Waals surface area contributed by atoms with E-state index in [0.29, 0.717) is 33.4 Å². The number of hydrogen-bond donors (Lipinski definition) is 1. The van der Waals surface area contributed by atoms with Gasteiger partial charge in [-0.3, -0.25) is 9.36 Å². The van der Waals surface area contributed by atoms with Crippen LogP contribution in [0.3, 0.4) is 0 Å². The van der Waals surface area contributed by atoms with Crippen molar-refractivity contribution in [3.05, 3.63) is 86.6 Å². The molecule has 0 amide bonds. The first-order valence-electron chi connectivity index (χ1n) is 9.78. The van der Waals surface area contributed by atoms with Gasteiger partial charge in [0.2, 0.25) is 0 Å². The summed E-state index contributed by atoms with van der Waals surface area (Å²) >= 11 is 3.46. The summed E-state index contributed by atoms with van der Waals surface area (Å²) in [5.74, 6) is 0.355. The second-order valence-electron chi connectivity index (χ2n) is 7.51. The van der Waals surface area contributed by atoms with Crippen molar-refractivity contribution < 1.29 is 0 Å². The SMILES string of the molecule is Cc1ccccc1-n1c(Cn2nc(Br)c3c(N)ncnc32)cc2cccc(C)c2c1=O. The summed E-state index contributed by atoms with van der Waals surface area (Å²) in [5, 5.41) is 6.84. The lowest BCUT2D eigenvalue weighted by molar-refractivity contribution is 0.665. The normalized spacial score (nSPS) is 11.5. The van der Waals surface area contributed by atoms with Crippen LogP contribution in [0.1, 0.15) is 16.8 Å². The second kappa shape index (κ2) is 7.31. The molecular formula is C23H19BrN6O. The van der Waals surface area contributed by atoms with Gasteiger partial charge in [-0.05, 0) is 58.4 Å². The van der Waals surface area contributed by atoms with Crippen LogP contribution in [-0.2, 0) is 6.54 Å². The Hall–Kier alpha value is -3.52. The molecule has 3 aromatic heterocycles. The summed E-state index contributed by atoms with van der Waals surface area (Å²) in [7, 11) is 0. The van der Waals surface area contributed by atoms with E-state index in [1.165, 1.54) is 6.33 Å². The topological polar surface area (TPSA) is 91.6 Å². The standard InChI is InChI=1S/C23H19BrN6O/c1-13-6-3-4-9-17(13)30-16(10-15-8-5-7-14(2)18(15)23(30)31)11-29-22-19(20(24)28-29)21(25)26-12-27-22/h3-10,12H,11H2,1-2H3,(H2,25,26,27). The first-order chi connectivity index (χ1) is 15.0. The monoisotopic (exact) mass is 474 g/mol. The molecule has 7 nitrogen and oxygen atoms in total. The van der Waals surface area contributed by atoms with E-state index in [9.17, 15) is 4.79 Å². The molecule has 2 N–H and O–H groups in total. The Morgan fingerprint density at radius 1 is 1.00 bits per heavy atom. The molecule has 0 fully saturated rings. The summed E-state index contributed by atoms with van der Waals surface area (Å²) in [5.41, 5.74) is 10.2. The van der Waals surface area contributed by atoms with Gasteiger partial charge in [0, 0.05) is 5.69 Å². The Balaban J connectivity index is 1.82. The fourth-order valence-corrected chi connectivity index (χ4v) is 4.61. The molecule has 5 rings (SSSR count). The zero-order chi connectivity index (χ0) is 21.7. The number of anilines is 1. The van der Waals surface area contributed by atoms with Crippen molar-refractivity contribution in [2.45, 2.75) is 20.4 Å². The van der Waals surface area contributed by atoms with Crippen molar-refractivity contribution in [1.29, 1.82) is 0 Å². The number of aryl methyl sites for hydroxylation is 2. The molecule has 0 saturated carbocycles. The second-order valence-corrected chi connectivity index (χ2v) is 8.26. The molecule has 3 heterocycles. The van der Waals surface area contributed by atoms with Gasteiger partial charge in [0.05, 0.1) is 23.0 Å². The van der Waals surface area contributed by atoms with E-state index in [0.717, 1.165) is 27.9 Å². The number of rotatable bonds is 3. The number of para-hydroxylation sites is 1. The van der Waals surface area contributed by atoms with Gasteiger partial charge in [0.15, 0.2) is 5.65 Å². The maximum atomic E-state index is 13.7. The van der Waals surface area contributed by atoms with E-state index in [4.69, 9.17) is 5.73 Å². The summed E-state index contributed by atoms with van der Waals surface area (Å²) in [6.07, 6.45) is 1.42. The van der Waals surface area contributed by atoms with Crippen molar-refractivity contribution in [3.63, 3.8) is 0 Å². The number of nitrogens with zero attached hydrogens (tertiary/aromatic N) is 5. The molecule has 2 aromatic carbocycles. The minimum absolute atomic E-state index is 0.0513. The van der Waals surface area contributed by atoms with E-state index < -0.39 is 0 Å². The van der Waals surface area contributed by atoms with Crippen LogP contribution >= 0.6 is 15.9 Å². The predicted molar refractivity (Wildman–Crippen MR) is 126 cm³/mol. The van der Waals surface area contributed by atoms with Crippen molar-refractivity contribution in [2.24, 2.45) is 0 Å². The minimum atomic E-state index is -0.0513. The third-order valence-electron chi connectivity index (χ3n) is 5.52. The molecule has 0 unspecified atom stereocenters. The molecule has 0 aliphatic rings. The van der Waals surface area contributed by atoms with Crippen LogP contribution in [0.4, 0.5) is 5.82 Å². The number of benzene rings is 2. The van der Waals surface area contributed by atoms with E-state index in [2.05, 4.69) is 31.0 Å². The zero-order valence-corrected chi connectivity index (χ0v) is 18.6. The summed E-state index contributed by atoms with van der Waals surface area (Å²) < 4.78 is 4.08. The molecule has 0 bridgehead atoms. The van der Waals surface area contributed by atoms with E-state index in [-0.39, 0.29) is 5.56 Å². The molecule has 8 heteroatoms. The van der Waals surface area contributed by atoms with Gasteiger partial charge in [-0.1, -0.05) is 36.4 Å². The predicted octanol–water partition coefficient (Wildman–Crippen LogP) is 4.14. The van der Waals surface area contributed by atoms with Crippen LogP contribution in [0.2, 0.25) is 0 Å². The molecular weight excluding hydrogens is 456 g/mol. The highest BCUT2D eigenvalue weighted by Crippen LogP contribution is 2.27. The number of halogens is 1. The van der Waals surface area contributed by atoms with Crippen LogP contribution in [0, 0.1) is 13.8 Å². The number of hydrogen-bond acceptors (Lipinski definition) is 5. The number of aromatic nitrogens is 5. The first-order valence-corrected chi connectivity index (χ1v) is 10.6. The Morgan fingerprint density at radius 2 is 1.77 bits per heavy atom. The van der Waals surface area contributed by atoms with E-state index in [1.54, 1.807) is 9.25 Å². The smallest absolute Gasteiger partial charge is 0.263 e. The maximum absolute atomic E-state index is 13.7. The lowest BCUT2D eigenvalue weighted by atomic mass is 10.1. The molecule has 5 aromatic rings. The molecule has 154 valence electrons. The third kappa shape index (κ3) is 3.11. The molecule has 0 aliphatic carbocycles. The number of nitrogens with two attached hydrogens (primary N) is 1. The Morgan fingerprint density at radius 3 is 2.58 bits per heavy atom. The lowest BCUT2D eigenvalue weighted by Crippen LogP contribution is -2.25. The van der Waals surface area contributed by atoms with Crippen LogP contribution in [-0.4, -0.2) is 24.3 Å². The summed E-state index contributed by atoms with van der Waals surface area (Å²) in [6, 6.07) is 15.8. The van der Waals surface area contributed by atoms with Gasteiger partial charge in [-0.25, -0.2) is 14.6 Å². The molecule has 0 aliphatic heterocycles. The van der Waals surface area contributed by atoms with Gasteiger partial charge in [-0.15, -0.1) is 0 Å². The van der Waals surface area contributed by atoms with Gasteiger partial charge < -0.3 is 5.73 Å². The largest absolute Gasteiger partial charge is 0.383 e. The zero-order valence-electron chi connectivity index (χ0n) is 17.0. The maximum Gasteiger partial charge on any atom is 0.263 e.